The van der Waals surface area contributed by atoms with Gasteiger partial charge in [-0.1, -0.05) is 13.3 Å². The minimum atomic E-state index is 0.423. The zero-order chi connectivity index (χ0) is 8.60. The van der Waals surface area contributed by atoms with Gasteiger partial charge in [0.2, 0.25) is 0 Å². The first kappa shape index (κ1) is 8.55. The van der Waals surface area contributed by atoms with Crippen molar-refractivity contribution >= 4 is 0 Å². The fourth-order valence-corrected chi connectivity index (χ4v) is 3.05. The summed E-state index contributed by atoms with van der Waals surface area (Å²) in [6.45, 7) is 2.73. The maximum atomic E-state index is 9.09. The maximum Gasteiger partial charge on any atom is 0.0459 e. The van der Waals surface area contributed by atoms with Gasteiger partial charge in [-0.25, -0.2) is 0 Å². The fourth-order valence-electron chi connectivity index (χ4n) is 3.05. The Labute approximate surface area is 75.2 Å². The molecule has 0 saturated heterocycles. The molecular formula is C11H20O. The van der Waals surface area contributed by atoms with Crippen LogP contribution in [0.15, 0.2) is 0 Å². The van der Waals surface area contributed by atoms with Gasteiger partial charge < -0.3 is 5.11 Å². The Balaban J connectivity index is 1.96. The summed E-state index contributed by atoms with van der Waals surface area (Å²) < 4.78 is 0. The van der Waals surface area contributed by atoms with E-state index in [1.54, 1.807) is 0 Å². The number of hydrogen-bond donors (Lipinski definition) is 1. The highest BCUT2D eigenvalue weighted by Gasteiger charge is 2.50. The van der Waals surface area contributed by atoms with Gasteiger partial charge in [0.15, 0.2) is 0 Å². The van der Waals surface area contributed by atoms with Crippen molar-refractivity contribution in [3.63, 3.8) is 0 Å². The average Bonchev–Trinajstić information content (AvgIpc) is 2.87. The summed E-state index contributed by atoms with van der Waals surface area (Å²) in [6, 6.07) is 0. The molecule has 12 heavy (non-hydrogen) atoms. The summed E-state index contributed by atoms with van der Waals surface area (Å²) in [5.41, 5.74) is 0.764. The van der Waals surface area contributed by atoms with Crippen LogP contribution in [-0.4, -0.2) is 11.7 Å². The zero-order valence-corrected chi connectivity index (χ0v) is 8.05. The predicted octanol–water partition coefficient (Wildman–Crippen LogP) is 2.59. The van der Waals surface area contributed by atoms with Gasteiger partial charge in [-0.15, -0.1) is 0 Å². The SMILES string of the molecule is CC[C@H]1CC(CO)CCC12CC2. The van der Waals surface area contributed by atoms with E-state index >= 15 is 0 Å². The molecule has 0 aliphatic heterocycles. The van der Waals surface area contributed by atoms with Crippen molar-refractivity contribution in [2.24, 2.45) is 17.3 Å². The van der Waals surface area contributed by atoms with Crippen LogP contribution in [0.4, 0.5) is 0 Å². The van der Waals surface area contributed by atoms with Crippen LogP contribution in [-0.2, 0) is 0 Å². The predicted molar refractivity (Wildman–Crippen MR) is 49.9 cm³/mol. The van der Waals surface area contributed by atoms with Crippen molar-refractivity contribution in [1.82, 2.24) is 0 Å². The largest absolute Gasteiger partial charge is 0.396 e. The molecule has 1 heteroatoms. The van der Waals surface area contributed by atoms with Gasteiger partial charge in [0.25, 0.3) is 0 Å². The number of rotatable bonds is 2. The standard InChI is InChI=1S/C11H20O/c1-2-10-7-9(8-12)3-4-11(10)5-6-11/h9-10,12H,2-8H2,1H3/t9?,10-/m0/s1. The van der Waals surface area contributed by atoms with E-state index in [1.165, 1.54) is 38.5 Å². The van der Waals surface area contributed by atoms with E-state index in [9.17, 15) is 0 Å². The van der Waals surface area contributed by atoms with Crippen LogP contribution in [0.3, 0.4) is 0 Å². The second-order valence-electron chi connectivity index (χ2n) is 4.79. The van der Waals surface area contributed by atoms with E-state index < -0.39 is 0 Å². The van der Waals surface area contributed by atoms with Crippen LogP contribution in [0.5, 0.6) is 0 Å². The third-order valence-electron chi connectivity index (χ3n) is 4.18. The van der Waals surface area contributed by atoms with E-state index in [0.29, 0.717) is 12.5 Å². The smallest absolute Gasteiger partial charge is 0.0459 e. The number of hydrogen-bond acceptors (Lipinski definition) is 1. The van der Waals surface area contributed by atoms with E-state index in [0.717, 1.165) is 11.3 Å². The Morgan fingerprint density at radius 3 is 2.58 bits per heavy atom. The van der Waals surface area contributed by atoms with Gasteiger partial charge in [0, 0.05) is 6.61 Å². The molecular weight excluding hydrogens is 148 g/mol. The number of aliphatic hydroxyl groups excluding tert-OH is 1. The average molecular weight is 168 g/mol. The fraction of sp³-hybridized carbons (Fsp3) is 1.00. The van der Waals surface area contributed by atoms with E-state index in [2.05, 4.69) is 6.92 Å². The van der Waals surface area contributed by atoms with Crippen molar-refractivity contribution in [2.75, 3.05) is 6.61 Å². The van der Waals surface area contributed by atoms with Crippen LogP contribution in [0.1, 0.15) is 45.4 Å². The second kappa shape index (κ2) is 3.02. The van der Waals surface area contributed by atoms with Crippen molar-refractivity contribution in [2.45, 2.75) is 45.4 Å². The molecule has 1 unspecified atom stereocenters. The van der Waals surface area contributed by atoms with Crippen LogP contribution >= 0.6 is 0 Å². The van der Waals surface area contributed by atoms with E-state index in [1.807, 2.05) is 0 Å². The zero-order valence-electron chi connectivity index (χ0n) is 8.05. The molecule has 2 saturated carbocycles. The summed E-state index contributed by atoms with van der Waals surface area (Å²) in [5, 5.41) is 9.09. The highest BCUT2D eigenvalue weighted by atomic mass is 16.3. The van der Waals surface area contributed by atoms with Crippen molar-refractivity contribution in [3.05, 3.63) is 0 Å². The molecule has 1 nitrogen and oxygen atoms in total. The van der Waals surface area contributed by atoms with Crippen LogP contribution < -0.4 is 0 Å². The summed E-state index contributed by atoms with van der Waals surface area (Å²) in [7, 11) is 0. The molecule has 0 heterocycles. The van der Waals surface area contributed by atoms with Crippen LogP contribution in [0, 0.1) is 17.3 Å². The van der Waals surface area contributed by atoms with Gasteiger partial charge in [-0.3, -0.25) is 0 Å². The third kappa shape index (κ3) is 1.28. The molecule has 0 aromatic rings. The van der Waals surface area contributed by atoms with Crippen molar-refractivity contribution in [1.29, 1.82) is 0 Å². The lowest BCUT2D eigenvalue weighted by molar-refractivity contribution is 0.106. The Hall–Kier alpha value is -0.0400. The quantitative estimate of drug-likeness (QED) is 0.672. The molecule has 0 aromatic carbocycles. The topological polar surface area (TPSA) is 20.2 Å². The highest BCUT2D eigenvalue weighted by Crippen LogP contribution is 2.61. The summed E-state index contributed by atoms with van der Waals surface area (Å²) in [4.78, 5) is 0. The first-order chi connectivity index (χ1) is 5.80. The monoisotopic (exact) mass is 168 g/mol. The van der Waals surface area contributed by atoms with Gasteiger partial charge in [-0.2, -0.15) is 0 Å². The molecule has 2 fully saturated rings. The van der Waals surface area contributed by atoms with E-state index in [4.69, 9.17) is 5.11 Å². The normalized spacial score (nSPS) is 38.5. The summed E-state index contributed by atoms with van der Waals surface area (Å²) in [6.07, 6.45) is 8.26. The molecule has 2 rings (SSSR count). The number of aliphatic hydroxyl groups is 1. The molecule has 0 amide bonds. The molecule has 0 radical (unpaired) electrons. The molecule has 2 aliphatic carbocycles. The lowest BCUT2D eigenvalue weighted by atomic mass is 9.71. The second-order valence-corrected chi connectivity index (χ2v) is 4.79. The third-order valence-corrected chi connectivity index (χ3v) is 4.18. The Morgan fingerprint density at radius 1 is 1.33 bits per heavy atom. The van der Waals surface area contributed by atoms with Crippen molar-refractivity contribution in [3.8, 4) is 0 Å². The first-order valence-electron chi connectivity index (χ1n) is 5.41. The van der Waals surface area contributed by atoms with Gasteiger partial charge in [0.1, 0.15) is 0 Å². The van der Waals surface area contributed by atoms with Gasteiger partial charge in [0.05, 0.1) is 0 Å². The summed E-state index contributed by atoms with van der Waals surface area (Å²) >= 11 is 0. The Kier molecular flexibility index (Phi) is 2.16. The van der Waals surface area contributed by atoms with Gasteiger partial charge >= 0.3 is 0 Å². The molecule has 1 spiro atoms. The van der Waals surface area contributed by atoms with Crippen LogP contribution in [0.25, 0.3) is 0 Å². The molecule has 2 atom stereocenters. The lowest BCUT2D eigenvalue weighted by Gasteiger charge is -2.35. The molecule has 70 valence electrons. The molecule has 2 aliphatic rings. The molecule has 0 bridgehead atoms. The van der Waals surface area contributed by atoms with Crippen molar-refractivity contribution < 1.29 is 5.11 Å². The summed E-state index contributed by atoms with van der Waals surface area (Å²) in [5.74, 6) is 1.56. The van der Waals surface area contributed by atoms with Gasteiger partial charge in [-0.05, 0) is 49.4 Å². The minimum Gasteiger partial charge on any atom is -0.396 e. The molecule has 0 aromatic heterocycles. The molecule has 1 N–H and O–H groups in total. The van der Waals surface area contributed by atoms with Crippen LogP contribution in [0.2, 0.25) is 0 Å². The Bertz CT molecular complexity index is 160. The first-order valence-corrected chi connectivity index (χ1v) is 5.41. The maximum absolute atomic E-state index is 9.09. The minimum absolute atomic E-state index is 0.423. The Morgan fingerprint density at radius 2 is 2.08 bits per heavy atom. The lowest BCUT2D eigenvalue weighted by Crippen LogP contribution is -2.27. The highest BCUT2D eigenvalue weighted by molar-refractivity contribution is 5.01. The van der Waals surface area contributed by atoms with E-state index in [-0.39, 0.29) is 0 Å².